The number of hydrogen-bond acceptors (Lipinski definition) is 8. The molecule has 0 aromatic heterocycles. The fourth-order valence-corrected chi connectivity index (χ4v) is 8.08. The number of rotatable bonds is 39. The Labute approximate surface area is 301 Å². The van der Waals surface area contributed by atoms with Crippen LogP contribution in [0.1, 0.15) is 181 Å². The number of aliphatic hydroxyl groups is 2. The van der Waals surface area contributed by atoms with E-state index in [0.29, 0.717) is 13.0 Å². The van der Waals surface area contributed by atoms with Gasteiger partial charge >= 0.3 is 7.82 Å². The van der Waals surface area contributed by atoms with E-state index in [1.165, 1.54) is 109 Å². The van der Waals surface area contributed by atoms with Crippen molar-refractivity contribution >= 4 is 17.7 Å². The van der Waals surface area contributed by atoms with Crippen molar-refractivity contribution in [3.63, 3.8) is 0 Å². The Bertz CT molecular complexity index is 884. The number of unbranched alkanes of at least 4 members (excludes halogenated alkanes) is 23. The molecule has 0 bridgehead atoms. The summed E-state index contributed by atoms with van der Waals surface area (Å²) < 4.78 is 53.7. The summed E-state index contributed by atoms with van der Waals surface area (Å²) in [5, 5.41) is 18.3. The maximum absolute atomic E-state index is 12.9. The maximum Gasteiger partial charge on any atom is 0.472 e. The average Bonchev–Trinajstić information content (AvgIpc) is 3.07. The second kappa shape index (κ2) is 34.7. The van der Waals surface area contributed by atoms with Gasteiger partial charge in [-0.05, 0) is 38.5 Å². The average molecular weight is 741 g/mol. The molecule has 11 heteroatoms. The van der Waals surface area contributed by atoms with Gasteiger partial charge in [0.05, 0.1) is 37.4 Å². The van der Waals surface area contributed by atoms with E-state index in [4.69, 9.17) is 18.9 Å². The van der Waals surface area contributed by atoms with E-state index in [2.05, 4.69) is 26.0 Å². The second-order valence-electron chi connectivity index (χ2n) is 13.8. The zero-order chi connectivity index (χ0) is 36.3. The Morgan fingerprint density at radius 2 is 1.02 bits per heavy atom. The largest absolute Gasteiger partial charge is 0.472 e. The summed E-state index contributed by atoms with van der Waals surface area (Å²) >= 11 is 0. The van der Waals surface area contributed by atoms with E-state index in [9.17, 15) is 23.0 Å². The van der Waals surface area contributed by atoms with Crippen LogP contribution in [-0.2, 0) is 28.2 Å². The molecule has 9 nitrogen and oxygen atoms in total. The van der Waals surface area contributed by atoms with Crippen molar-refractivity contribution in [3.05, 3.63) is 12.2 Å². The molecule has 0 aliphatic carbocycles. The summed E-state index contributed by atoms with van der Waals surface area (Å²) in [6.07, 6.45) is 33.0. The Morgan fingerprint density at radius 3 is 1.51 bits per heavy atom. The first kappa shape index (κ1) is 48.7. The summed E-state index contributed by atoms with van der Waals surface area (Å²) in [6.45, 7) is 3.18. The van der Waals surface area contributed by atoms with Crippen LogP contribution >= 0.6 is 7.82 Å². The fraction of sp³-hybridized carbons (Fsp3) is 0.947. The van der Waals surface area contributed by atoms with Crippen LogP contribution in [0.15, 0.2) is 12.2 Å². The topological polar surface area (TPSA) is 140 Å². The maximum atomic E-state index is 12.9. The summed E-state index contributed by atoms with van der Waals surface area (Å²) in [6, 6.07) is 0. The molecule has 0 saturated carbocycles. The minimum Gasteiger partial charge on any atom is -0.394 e. The van der Waals surface area contributed by atoms with E-state index in [-0.39, 0.29) is 11.5 Å². The molecule has 0 saturated heterocycles. The highest BCUT2D eigenvalue weighted by Crippen LogP contribution is 2.43. The molecule has 294 valence electrons. The van der Waals surface area contributed by atoms with Gasteiger partial charge in [-0.3, -0.25) is 9.05 Å². The first-order chi connectivity index (χ1) is 23.7. The van der Waals surface area contributed by atoms with Gasteiger partial charge in [-0.25, -0.2) is 13.0 Å². The summed E-state index contributed by atoms with van der Waals surface area (Å²) in [7, 11) is -8.02. The minimum atomic E-state index is -4.56. The van der Waals surface area contributed by atoms with E-state index in [1.807, 2.05) is 0 Å². The van der Waals surface area contributed by atoms with E-state index in [1.54, 1.807) is 0 Å². The predicted molar refractivity (Wildman–Crippen MR) is 204 cm³/mol. The Balaban J connectivity index is 4.36. The molecule has 49 heavy (non-hydrogen) atoms. The van der Waals surface area contributed by atoms with Gasteiger partial charge in [0, 0.05) is 6.61 Å². The van der Waals surface area contributed by atoms with Crippen molar-refractivity contribution in [2.24, 2.45) is 0 Å². The standard InChI is InChI=1S/C38H77O9PS/c1-3-5-7-9-11-13-15-17-19-21-23-25-27-29-31-45-38(35-47-48(41,42)46-34-37(40)33-39)36-49(43,44)32-30-28-26-24-22-20-18-16-14-12-10-8-6-4-2/h13,15,37-40H,3-12,14,16-36H2,1-2H3,(H,41,42). The normalized spacial score (nSPS) is 14.8. The monoisotopic (exact) mass is 741 g/mol. The van der Waals surface area contributed by atoms with Crippen molar-refractivity contribution < 1.29 is 41.9 Å². The zero-order valence-electron chi connectivity index (χ0n) is 31.6. The molecule has 0 radical (unpaired) electrons. The highest BCUT2D eigenvalue weighted by atomic mass is 32.2. The predicted octanol–water partition coefficient (Wildman–Crippen LogP) is 10.0. The molecule has 0 heterocycles. The molecule has 3 unspecified atom stereocenters. The quantitative estimate of drug-likeness (QED) is 0.0319. The van der Waals surface area contributed by atoms with Crippen LogP contribution in [0.2, 0.25) is 0 Å². The molecule has 0 aliphatic rings. The molecule has 0 aromatic carbocycles. The van der Waals surface area contributed by atoms with Crippen molar-refractivity contribution in [2.45, 2.75) is 193 Å². The van der Waals surface area contributed by atoms with Crippen LogP contribution in [0.3, 0.4) is 0 Å². The van der Waals surface area contributed by atoms with Gasteiger partial charge in [0.15, 0.2) is 9.84 Å². The number of hydrogen-bond donors (Lipinski definition) is 3. The van der Waals surface area contributed by atoms with Crippen LogP contribution in [0.25, 0.3) is 0 Å². The third-order valence-electron chi connectivity index (χ3n) is 8.82. The molecule has 0 amide bonds. The Morgan fingerprint density at radius 1 is 0.612 bits per heavy atom. The van der Waals surface area contributed by atoms with Gasteiger partial charge in [0.2, 0.25) is 0 Å². The molecule has 0 rings (SSSR count). The van der Waals surface area contributed by atoms with Crippen molar-refractivity contribution in [3.8, 4) is 0 Å². The number of aliphatic hydroxyl groups excluding tert-OH is 2. The molecular weight excluding hydrogens is 663 g/mol. The van der Waals surface area contributed by atoms with Gasteiger partial charge in [-0.1, -0.05) is 154 Å². The van der Waals surface area contributed by atoms with Crippen LogP contribution in [-0.4, -0.2) is 73.7 Å². The van der Waals surface area contributed by atoms with E-state index >= 15 is 0 Å². The lowest BCUT2D eigenvalue weighted by Crippen LogP contribution is -2.30. The smallest absolute Gasteiger partial charge is 0.394 e. The van der Waals surface area contributed by atoms with Gasteiger partial charge in [0.1, 0.15) is 6.10 Å². The van der Waals surface area contributed by atoms with Crippen molar-refractivity contribution in [1.29, 1.82) is 0 Å². The third-order valence-corrected chi connectivity index (χ3v) is 11.6. The summed E-state index contributed by atoms with van der Waals surface area (Å²) in [4.78, 5) is 9.96. The first-order valence-electron chi connectivity index (χ1n) is 20.0. The number of ether oxygens (including phenoxy) is 1. The van der Waals surface area contributed by atoms with Gasteiger partial charge in [-0.2, -0.15) is 0 Å². The van der Waals surface area contributed by atoms with E-state index in [0.717, 1.165) is 51.4 Å². The highest BCUT2D eigenvalue weighted by molar-refractivity contribution is 7.91. The molecule has 0 fully saturated rings. The fourth-order valence-electron chi connectivity index (χ4n) is 5.72. The number of sulfone groups is 1. The van der Waals surface area contributed by atoms with Crippen molar-refractivity contribution in [1.82, 2.24) is 0 Å². The van der Waals surface area contributed by atoms with Gasteiger partial charge in [0.25, 0.3) is 0 Å². The molecular formula is C38H77O9PS. The van der Waals surface area contributed by atoms with Gasteiger partial charge < -0.3 is 19.8 Å². The third kappa shape index (κ3) is 35.9. The number of phosphoric acid groups is 1. The second-order valence-corrected chi connectivity index (χ2v) is 17.5. The zero-order valence-corrected chi connectivity index (χ0v) is 33.3. The Kier molecular flexibility index (Phi) is 34.5. The molecule has 0 aromatic rings. The Hall–Kier alpha value is -0.320. The number of allylic oxidation sites excluding steroid dienone is 2. The SMILES string of the molecule is CCCCCCC=CCCCCCCCCOC(COP(=O)(O)OCC(O)CO)CS(=O)(=O)CCCCCCCCCCCCCCCC. The van der Waals surface area contributed by atoms with Crippen LogP contribution < -0.4 is 0 Å². The summed E-state index contributed by atoms with van der Waals surface area (Å²) in [5.74, 6) is -0.244. The minimum absolute atomic E-state index is 0.0505. The van der Waals surface area contributed by atoms with Crippen LogP contribution in [0.4, 0.5) is 0 Å². The van der Waals surface area contributed by atoms with Crippen molar-refractivity contribution in [2.75, 3.05) is 37.9 Å². The summed E-state index contributed by atoms with van der Waals surface area (Å²) in [5.41, 5.74) is 0. The molecule has 0 aliphatic heterocycles. The molecule has 3 atom stereocenters. The lowest BCUT2D eigenvalue weighted by Gasteiger charge is -2.20. The molecule has 0 spiro atoms. The lowest BCUT2D eigenvalue weighted by atomic mass is 10.0. The van der Waals surface area contributed by atoms with Crippen LogP contribution in [0, 0.1) is 0 Å². The highest BCUT2D eigenvalue weighted by Gasteiger charge is 2.27. The van der Waals surface area contributed by atoms with E-state index < -0.39 is 49.7 Å². The lowest BCUT2D eigenvalue weighted by molar-refractivity contribution is 0.00749. The van der Waals surface area contributed by atoms with Gasteiger partial charge in [-0.15, -0.1) is 0 Å². The molecule has 3 N–H and O–H groups in total. The first-order valence-corrected chi connectivity index (χ1v) is 23.3. The number of phosphoric ester groups is 1. The van der Waals surface area contributed by atoms with Crippen LogP contribution in [0.5, 0.6) is 0 Å².